The van der Waals surface area contributed by atoms with Crippen molar-refractivity contribution >= 4 is 22.6 Å². The van der Waals surface area contributed by atoms with Gasteiger partial charge in [0, 0.05) is 12.3 Å². The molecule has 2 aromatic rings. The van der Waals surface area contributed by atoms with Gasteiger partial charge in [-0.2, -0.15) is 0 Å². The molecule has 0 saturated carbocycles. The van der Waals surface area contributed by atoms with Crippen LogP contribution < -0.4 is 15.9 Å². The lowest BCUT2D eigenvalue weighted by atomic mass is 10.00. The standard InChI is InChI=1S/C15H15FN2O4/c1-6(2)9-5-22-10-3-8(16)12(17)11-13(10)18(9)4-7(14(11)19)15(20)21/h3-4,6,9H,5,17H2,1-2H3,(H,20,21)/t9-/m0/s1. The normalized spacial score (nSPS) is 16.8. The molecule has 116 valence electrons. The molecule has 1 aliphatic heterocycles. The van der Waals surface area contributed by atoms with Crippen LogP contribution in [0, 0.1) is 11.7 Å². The first-order valence-electron chi connectivity index (χ1n) is 6.85. The predicted octanol–water partition coefficient (Wildman–Crippen LogP) is 2.01. The molecule has 0 bridgehead atoms. The van der Waals surface area contributed by atoms with Crippen molar-refractivity contribution in [2.45, 2.75) is 19.9 Å². The van der Waals surface area contributed by atoms with Crippen molar-refractivity contribution in [2.24, 2.45) is 5.92 Å². The maximum Gasteiger partial charge on any atom is 0.341 e. The highest BCUT2D eigenvalue weighted by Crippen LogP contribution is 2.37. The Kier molecular flexibility index (Phi) is 3.09. The highest BCUT2D eigenvalue weighted by Gasteiger charge is 2.29. The summed E-state index contributed by atoms with van der Waals surface area (Å²) < 4.78 is 21.1. The van der Waals surface area contributed by atoms with Crippen LogP contribution in [-0.4, -0.2) is 22.2 Å². The molecular weight excluding hydrogens is 291 g/mol. The Hall–Kier alpha value is -2.57. The van der Waals surface area contributed by atoms with Gasteiger partial charge in [0.2, 0.25) is 5.43 Å². The summed E-state index contributed by atoms with van der Waals surface area (Å²) in [5, 5.41) is 9.10. The minimum atomic E-state index is -1.37. The zero-order chi connectivity index (χ0) is 16.2. The predicted molar refractivity (Wildman–Crippen MR) is 78.9 cm³/mol. The number of halogens is 1. The van der Waals surface area contributed by atoms with Gasteiger partial charge in [-0.05, 0) is 5.92 Å². The van der Waals surface area contributed by atoms with Crippen molar-refractivity contribution < 1.29 is 19.0 Å². The van der Waals surface area contributed by atoms with Crippen LogP contribution in [-0.2, 0) is 0 Å². The van der Waals surface area contributed by atoms with Crippen LogP contribution in [0.2, 0.25) is 0 Å². The molecule has 0 unspecified atom stereocenters. The molecule has 3 rings (SSSR count). The number of nitrogen functional groups attached to an aromatic ring is 1. The Morgan fingerprint density at radius 3 is 2.82 bits per heavy atom. The molecule has 7 heteroatoms. The molecule has 1 atom stereocenters. The van der Waals surface area contributed by atoms with Crippen LogP contribution in [0.5, 0.6) is 5.75 Å². The third-order valence-electron chi connectivity index (χ3n) is 4.02. The molecule has 3 N–H and O–H groups in total. The number of hydrogen-bond donors (Lipinski definition) is 2. The first-order chi connectivity index (χ1) is 10.3. The molecular formula is C15H15FN2O4. The van der Waals surface area contributed by atoms with Crippen LogP contribution in [0.3, 0.4) is 0 Å². The molecule has 1 aliphatic rings. The number of nitrogens with two attached hydrogens (primary N) is 1. The van der Waals surface area contributed by atoms with E-state index in [1.165, 1.54) is 6.20 Å². The van der Waals surface area contributed by atoms with Crippen molar-refractivity contribution in [3.8, 4) is 5.75 Å². The van der Waals surface area contributed by atoms with E-state index in [9.17, 15) is 19.1 Å². The van der Waals surface area contributed by atoms with Crippen LogP contribution in [0.15, 0.2) is 17.1 Å². The monoisotopic (exact) mass is 306 g/mol. The molecule has 1 aromatic carbocycles. The lowest BCUT2D eigenvalue weighted by molar-refractivity contribution is 0.0693. The van der Waals surface area contributed by atoms with Crippen molar-refractivity contribution in [1.29, 1.82) is 0 Å². The van der Waals surface area contributed by atoms with Crippen molar-refractivity contribution in [1.82, 2.24) is 4.57 Å². The number of nitrogens with zero attached hydrogens (tertiary/aromatic N) is 1. The Balaban J connectivity index is 2.53. The van der Waals surface area contributed by atoms with Crippen molar-refractivity contribution in [3.05, 3.63) is 33.9 Å². The SMILES string of the molecule is CC(C)[C@@H]1COc2cc(F)c(N)c3c(=O)c(C(=O)O)cn1c23. The van der Waals surface area contributed by atoms with Gasteiger partial charge < -0.3 is 20.1 Å². The van der Waals surface area contributed by atoms with Crippen LogP contribution in [0.25, 0.3) is 10.9 Å². The van der Waals surface area contributed by atoms with E-state index in [-0.39, 0.29) is 35.4 Å². The molecule has 0 aliphatic carbocycles. The zero-order valence-electron chi connectivity index (χ0n) is 12.1. The van der Waals surface area contributed by atoms with Gasteiger partial charge in [0.15, 0.2) is 5.82 Å². The maximum atomic E-state index is 13.9. The van der Waals surface area contributed by atoms with Gasteiger partial charge >= 0.3 is 5.97 Å². The number of anilines is 1. The summed E-state index contributed by atoms with van der Waals surface area (Å²) >= 11 is 0. The van der Waals surface area contributed by atoms with Crippen LogP contribution in [0.1, 0.15) is 30.2 Å². The summed E-state index contributed by atoms with van der Waals surface area (Å²) in [6, 6.07) is 0.962. The molecule has 0 fully saturated rings. The van der Waals surface area contributed by atoms with Crippen molar-refractivity contribution in [2.75, 3.05) is 12.3 Å². The molecule has 2 heterocycles. The molecule has 6 nitrogen and oxygen atoms in total. The van der Waals surface area contributed by atoms with E-state index in [4.69, 9.17) is 10.5 Å². The topological polar surface area (TPSA) is 94.6 Å². The molecule has 0 amide bonds. The van der Waals surface area contributed by atoms with Gasteiger partial charge in [0.1, 0.15) is 17.9 Å². The fraction of sp³-hybridized carbons (Fsp3) is 0.333. The average molecular weight is 306 g/mol. The number of aromatic nitrogens is 1. The van der Waals surface area contributed by atoms with Crippen LogP contribution >= 0.6 is 0 Å². The fourth-order valence-electron chi connectivity index (χ4n) is 2.81. The number of rotatable bonds is 2. The largest absolute Gasteiger partial charge is 0.489 e. The smallest absolute Gasteiger partial charge is 0.341 e. The van der Waals surface area contributed by atoms with E-state index in [1.807, 2.05) is 13.8 Å². The first kappa shape index (κ1) is 14.4. The minimum absolute atomic E-state index is 0.131. The minimum Gasteiger partial charge on any atom is -0.489 e. The second-order valence-corrected chi connectivity index (χ2v) is 5.70. The number of carbonyl (C=O) groups is 1. The van der Waals surface area contributed by atoms with E-state index < -0.39 is 22.8 Å². The van der Waals surface area contributed by atoms with Gasteiger partial charge in [-0.1, -0.05) is 13.8 Å². The second-order valence-electron chi connectivity index (χ2n) is 5.70. The van der Waals surface area contributed by atoms with E-state index in [0.29, 0.717) is 5.52 Å². The third kappa shape index (κ3) is 1.85. The van der Waals surface area contributed by atoms with Crippen LogP contribution in [0.4, 0.5) is 10.1 Å². The summed E-state index contributed by atoms with van der Waals surface area (Å²) in [4.78, 5) is 23.7. The van der Waals surface area contributed by atoms with E-state index in [2.05, 4.69) is 0 Å². The van der Waals surface area contributed by atoms with Gasteiger partial charge in [0.05, 0.1) is 22.6 Å². The first-order valence-corrected chi connectivity index (χ1v) is 6.85. The summed E-state index contributed by atoms with van der Waals surface area (Å²) in [6.45, 7) is 4.18. The Bertz CT molecular complexity index is 857. The molecule has 0 radical (unpaired) electrons. The fourth-order valence-corrected chi connectivity index (χ4v) is 2.81. The molecule has 0 spiro atoms. The Morgan fingerprint density at radius 1 is 1.55 bits per heavy atom. The van der Waals surface area contributed by atoms with Gasteiger partial charge in [-0.3, -0.25) is 4.79 Å². The number of carboxylic acid groups (broad SMARTS) is 1. The average Bonchev–Trinajstić information content (AvgIpc) is 2.44. The van der Waals surface area contributed by atoms with E-state index in [1.54, 1.807) is 4.57 Å². The van der Waals surface area contributed by atoms with Gasteiger partial charge in [-0.15, -0.1) is 0 Å². The lowest BCUT2D eigenvalue weighted by Gasteiger charge is -2.32. The number of aromatic carboxylic acids is 1. The highest BCUT2D eigenvalue weighted by molar-refractivity contribution is 6.00. The van der Waals surface area contributed by atoms with Gasteiger partial charge in [-0.25, -0.2) is 9.18 Å². The molecule has 1 aromatic heterocycles. The third-order valence-corrected chi connectivity index (χ3v) is 4.02. The summed E-state index contributed by atoms with van der Waals surface area (Å²) in [7, 11) is 0. The van der Waals surface area contributed by atoms with E-state index >= 15 is 0 Å². The van der Waals surface area contributed by atoms with Gasteiger partial charge in [0.25, 0.3) is 0 Å². The number of hydrogen-bond acceptors (Lipinski definition) is 4. The number of pyridine rings is 1. The van der Waals surface area contributed by atoms with E-state index in [0.717, 1.165) is 6.07 Å². The zero-order valence-corrected chi connectivity index (χ0v) is 12.1. The number of benzene rings is 1. The lowest BCUT2D eigenvalue weighted by Crippen LogP contribution is -2.31. The molecule has 0 saturated heterocycles. The number of carboxylic acids is 1. The maximum absolute atomic E-state index is 13.9. The Morgan fingerprint density at radius 2 is 2.23 bits per heavy atom. The number of ether oxygens (including phenoxy) is 1. The summed E-state index contributed by atoms with van der Waals surface area (Å²) in [5.74, 6) is -1.83. The highest BCUT2D eigenvalue weighted by atomic mass is 19.1. The summed E-state index contributed by atoms with van der Waals surface area (Å²) in [6.07, 6.45) is 1.29. The van der Waals surface area contributed by atoms with Crippen molar-refractivity contribution in [3.63, 3.8) is 0 Å². The summed E-state index contributed by atoms with van der Waals surface area (Å²) in [5.41, 5.74) is 4.45. The second kappa shape index (κ2) is 4.72. The Labute approximate surface area is 124 Å². The molecule has 22 heavy (non-hydrogen) atoms. The quantitative estimate of drug-likeness (QED) is 0.828.